The van der Waals surface area contributed by atoms with E-state index in [2.05, 4.69) is 27.3 Å². The third kappa shape index (κ3) is 2.49. The van der Waals surface area contributed by atoms with E-state index in [1.54, 1.807) is 6.26 Å². The Morgan fingerprint density at radius 3 is 3.29 bits per heavy atom. The molecule has 0 radical (unpaired) electrons. The second kappa shape index (κ2) is 4.96. The van der Waals surface area contributed by atoms with Crippen molar-refractivity contribution in [2.75, 3.05) is 0 Å². The molecule has 1 unspecified atom stereocenters. The molecule has 1 N–H and O–H groups in total. The van der Waals surface area contributed by atoms with E-state index in [0.717, 1.165) is 12.3 Å². The Morgan fingerprint density at radius 1 is 1.53 bits per heavy atom. The third-order valence-corrected chi connectivity index (χ3v) is 4.90. The Labute approximate surface area is 113 Å². The lowest BCUT2D eigenvalue weighted by atomic mass is 9.94. The highest BCUT2D eigenvalue weighted by atomic mass is 79.9. The van der Waals surface area contributed by atoms with Gasteiger partial charge in [0.25, 0.3) is 0 Å². The van der Waals surface area contributed by atoms with Gasteiger partial charge in [0.2, 0.25) is 0 Å². The van der Waals surface area contributed by atoms with Crippen LogP contribution < -0.4 is 5.32 Å². The Morgan fingerprint density at radius 2 is 2.47 bits per heavy atom. The number of fused-ring (bicyclic) bond motifs is 1. The van der Waals surface area contributed by atoms with E-state index in [-0.39, 0.29) is 0 Å². The van der Waals surface area contributed by atoms with Crippen LogP contribution in [0.4, 0.5) is 0 Å². The van der Waals surface area contributed by atoms with E-state index >= 15 is 0 Å². The summed E-state index contributed by atoms with van der Waals surface area (Å²) in [5.41, 5.74) is 1.47. The molecule has 2 nitrogen and oxygen atoms in total. The number of rotatable bonds is 3. The zero-order chi connectivity index (χ0) is 11.7. The molecule has 2 heterocycles. The number of thiophene rings is 1. The van der Waals surface area contributed by atoms with Gasteiger partial charge in [0.15, 0.2) is 0 Å². The number of hydrogen-bond donors (Lipinski definition) is 1. The van der Waals surface area contributed by atoms with Gasteiger partial charge in [-0.05, 0) is 59.0 Å². The summed E-state index contributed by atoms with van der Waals surface area (Å²) in [7, 11) is 0. The van der Waals surface area contributed by atoms with Crippen LogP contribution in [-0.2, 0) is 13.0 Å². The van der Waals surface area contributed by atoms with Crippen molar-refractivity contribution in [3.8, 4) is 0 Å². The topological polar surface area (TPSA) is 25.2 Å². The molecule has 0 fully saturated rings. The Kier molecular flexibility index (Phi) is 3.36. The molecule has 1 aliphatic carbocycles. The maximum absolute atomic E-state index is 5.35. The third-order valence-electron chi connectivity index (χ3n) is 3.19. The van der Waals surface area contributed by atoms with Gasteiger partial charge in [0.05, 0.1) is 16.6 Å². The molecule has 0 saturated heterocycles. The first kappa shape index (κ1) is 11.5. The van der Waals surface area contributed by atoms with Crippen LogP contribution in [0.1, 0.15) is 35.1 Å². The van der Waals surface area contributed by atoms with Crippen molar-refractivity contribution >= 4 is 27.3 Å². The van der Waals surface area contributed by atoms with Gasteiger partial charge >= 0.3 is 0 Å². The van der Waals surface area contributed by atoms with Crippen molar-refractivity contribution in [1.29, 1.82) is 0 Å². The van der Waals surface area contributed by atoms with E-state index in [0.29, 0.717) is 6.04 Å². The number of hydrogen-bond acceptors (Lipinski definition) is 3. The summed E-state index contributed by atoms with van der Waals surface area (Å²) < 4.78 is 6.59. The number of nitrogens with one attached hydrogen (secondary N) is 1. The van der Waals surface area contributed by atoms with Crippen molar-refractivity contribution in [3.63, 3.8) is 0 Å². The fourth-order valence-corrected chi connectivity index (χ4v) is 4.19. The zero-order valence-electron chi connectivity index (χ0n) is 9.41. The number of furan rings is 1. The van der Waals surface area contributed by atoms with E-state index in [9.17, 15) is 0 Å². The molecule has 0 amide bonds. The quantitative estimate of drug-likeness (QED) is 0.915. The molecule has 4 heteroatoms. The highest BCUT2D eigenvalue weighted by Gasteiger charge is 2.22. The van der Waals surface area contributed by atoms with Crippen LogP contribution in [0.15, 0.2) is 32.7 Å². The molecule has 1 atom stereocenters. The van der Waals surface area contributed by atoms with Crippen LogP contribution in [0.2, 0.25) is 0 Å². The summed E-state index contributed by atoms with van der Waals surface area (Å²) in [4.78, 5) is 1.53. The molecule has 90 valence electrons. The molecule has 0 spiro atoms. The van der Waals surface area contributed by atoms with Gasteiger partial charge < -0.3 is 9.73 Å². The normalized spacial score (nSPS) is 19.2. The largest absolute Gasteiger partial charge is 0.468 e. The Bertz CT molecular complexity index is 491. The summed E-state index contributed by atoms with van der Waals surface area (Å²) in [6.45, 7) is 0.810. The van der Waals surface area contributed by atoms with Gasteiger partial charge in [-0.3, -0.25) is 0 Å². The van der Waals surface area contributed by atoms with Crippen LogP contribution in [0.5, 0.6) is 0 Å². The smallest absolute Gasteiger partial charge is 0.117 e. The average molecular weight is 312 g/mol. The molecule has 0 aliphatic heterocycles. The Hall–Kier alpha value is -0.580. The van der Waals surface area contributed by atoms with Crippen molar-refractivity contribution in [2.24, 2.45) is 0 Å². The maximum Gasteiger partial charge on any atom is 0.117 e. The van der Waals surface area contributed by atoms with Crippen LogP contribution in [0.25, 0.3) is 0 Å². The van der Waals surface area contributed by atoms with Gasteiger partial charge in [-0.15, -0.1) is 11.3 Å². The zero-order valence-corrected chi connectivity index (χ0v) is 11.8. The molecule has 0 aromatic carbocycles. The monoisotopic (exact) mass is 311 g/mol. The molecular formula is C13H14BrNOS. The Balaban J connectivity index is 1.72. The first-order chi connectivity index (χ1) is 8.33. The van der Waals surface area contributed by atoms with Crippen molar-refractivity contribution in [1.82, 2.24) is 5.32 Å². The summed E-state index contributed by atoms with van der Waals surface area (Å²) >= 11 is 5.45. The fourth-order valence-electron chi connectivity index (χ4n) is 2.37. The van der Waals surface area contributed by atoms with Crippen molar-refractivity contribution in [2.45, 2.75) is 31.8 Å². The predicted molar refractivity (Wildman–Crippen MR) is 73.2 cm³/mol. The minimum absolute atomic E-state index is 0.478. The number of aryl methyl sites for hydroxylation is 1. The summed E-state index contributed by atoms with van der Waals surface area (Å²) in [5.74, 6) is 1.01. The SMILES string of the molecule is Brc1cc2c(s1)CCCC2NCc1ccco1. The molecule has 2 aromatic heterocycles. The lowest BCUT2D eigenvalue weighted by Crippen LogP contribution is -2.23. The lowest BCUT2D eigenvalue weighted by Gasteiger charge is -2.23. The number of halogens is 1. The van der Waals surface area contributed by atoms with Crippen LogP contribution in [0, 0.1) is 0 Å². The molecule has 0 saturated carbocycles. The van der Waals surface area contributed by atoms with E-state index in [4.69, 9.17) is 4.42 Å². The molecule has 17 heavy (non-hydrogen) atoms. The average Bonchev–Trinajstić information content (AvgIpc) is 2.93. The van der Waals surface area contributed by atoms with Crippen molar-refractivity contribution in [3.05, 3.63) is 44.4 Å². The second-order valence-electron chi connectivity index (χ2n) is 4.33. The molecular weight excluding hydrogens is 298 g/mol. The van der Waals surface area contributed by atoms with E-state index in [1.807, 2.05) is 23.5 Å². The predicted octanol–water partition coefficient (Wildman–Crippen LogP) is 4.27. The summed E-state index contributed by atoms with van der Waals surface area (Å²) in [6.07, 6.45) is 5.45. The lowest BCUT2D eigenvalue weighted by molar-refractivity contribution is 0.419. The van der Waals surface area contributed by atoms with Crippen LogP contribution in [0.3, 0.4) is 0 Å². The highest BCUT2D eigenvalue weighted by Crippen LogP contribution is 2.38. The molecule has 2 aromatic rings. The van der Waals surface area contributed by atoms with E-state index < -0.39 is 0 Å². The van der Waals surface area contributed by atoms with Crippen LogP contribution >= 0.6 is 27.3 Å². The summed E-state index contributed by atoms with van der Waals surface area (Å²) in [5, 5.41) is 3.59. The van der Waals surface area contributed by atoms with E-state index in [1.165, 1.54) is 33.5 Å². The molecule has 3 rings (SSSR count). The standard InChI is InChI=1S/C13H14BrNOS/c14-13-7-10-11(4-1-5-12(10)17-13)15-8-9-3-2-6-16-9/h2-3,6-7,11,15H,1,4-5,8H2. The fraction of sp³-hybridized carbons (Fsp3) is 0.385. The van der Waals surface area contributed by atoms with Gasteiger partial charge in [-0.1, -0.05) is 0 Å². The first-order valence-electron chi connectivity index (χ1n) is 5.87. The van der Waals surface area contributed by atoms with Crippen molar-refractivity contribution < 1.29 is 4.42 Å². The highest BCUT2D eigenvalue weighted by molar-refractivity contribution is 9.11. The van der Waals surface area contributed by atoms with Gasteiger partial charge in [-0.25, -0.2) is 0 Å². The minimum atomic E-state index is 0.478. The summed E-state index contributed by atoms with van der Waals surface area (Å²) in [6, 6.07) is 6.69. The van der Waals surface area contributed by atoms with Gasteiger partial charge in [0, 0.05) is 10.9 Å². The second-order valence-corrected chi connectivity index (χ2v) is 6.85. The van der Waals surface area contributed by atoms with Crippen LogP contribution in [-0.4, -0.2) is 0 Å². The minimum Gasteiger partial charge on any atom is -0.468 e. The maximum atomic E-state index is 5.35. The first-order valence-corrected chi connectivity index (χ1v) is 7.48. The van der Waals surface area contributed by atoms with Gasteiger partial charge in [-0.2, -0.15) is 0 Å². The molecule has 0 bridgehead atoms. The van der Waals surface area contributed by atoms with Gasteiger partial charge in [0.1, 0.15) is 5.76 Å². The molecule has 1 aliphatic rings.